The maximum atomic E-state index is 12.9. The molecule has 0 amide bonds. The molecule has 0 aromatic heterocycles. The fourth-order valence-corrected chi connectivity index (χ4v) is 3.73. The predicted molar refractivity (Wildman–Crippen MR) is 104 cm³/mol. The third-order valence-electron chi connectivity index (χ3n) is 5.10. The molecule has 0 aromatic rings. The first-order valence-electron chi connectivity index (χ1n) is 9.60. The highest BCUT2D eigenvalue weighted by atomic mass is 16.5. The fourth-order valence-electron chi connectivity index (χ4n) is 3.73. The third kappa shape index (κ3) is 5.30. The normalized spacial score (nSPS) is 21.5. The number of ether oxygens (including phenoxy) is 2. The number of rotatable bonds is 5. The molecule has 7 nitrogen and oxygen atoms in total. The van der Waals surface area contributed by atoms with Crippen molar-refractivity contribution in [2.24, 2.45) is 10.4 Å². The van der Waals surface area contributed by atoms with E-state index in [9.17, 15) is 19.5 Å². The zero-order chi connectivity index (χ0) is 20.9. The van der Waals surface area contributed by atoms with E-state index < -0.39 is 17.4 Å². The second-order valence-corrected chi connectivity index (χ2v) is 8.10. The number of esters is 2. The lowest BCUT2D eigenvalue weighted by Gasteiger charge is -2.30. The molecule has 0 atom stereocenters. The molecule has 0 unspecified atom stereocenters. The van der Waals surface area contributed by atoms with E-state index >= 15 is 0 Å². The van der Waals surface area contributed by atoms with Gasteiger partial charge in [-0.3, -0.25) is 9.79 Å². The lowest BCUT2D eigenvalue weighted by Crippen LogP contribution is -2.32. The Morgan fingerprint density at radius 3 is 2.29 bits per heavy atom. The summed E-state index contributed by atoms with van der Waals surface area (Å²) in [6.07, 6.45) is 6.23. The van der Waals surface area contributed by atoms with E-state index in [2.05, 4.69) is 9.73 Å². The molecule has 1 N–H and O–H groups in total. The van der Waals surface area contributed by atoms with Crippen LogP contribution in [0.15, 0.2) is 28.0 Å². The van der Waals surface area contributed by atoms with Crippen molar-refractivity contribution in [2.75, 3.05) is 14.2 Å². The number of allylic oxidation sites excluding steroid dienone is 2. The maximum Gasteiger partial charge on any atom is 0.340 e. The van der Waals surface area contributed by atoms with Gasteiger partial charge in [0.15, 0.2) is 5.78 Å². The second kappa shape index (κ2) is 9.17. The summed E-state index contributed by atoms with van der Waals surface area (Å²) in [5.41, 5.74) is -0.528. The molecule has 1 saturated carbocycles. The van der Waals surface area contributed by atoms with E-state index in [-0.39, 0.29) is 47.3 Å². The number of aliphatic hydroxyl groups is 1. The largest absolute Gasteiger partial charge is 0.511 e. The van der Waals surface area contributed by atoms with Gasteiger partial charge in [0.1, 0.15) is 5.76 Å². The molecule has 0 spiro atoms. The molecule has 0 aliphatic heterocycles. The van der Waals surface area contributed by atoms with Crippen molar-refractivity contribution in [1.29, 1.82) is 0 Å². The van der Waals surface area contributed by atoms with Crippen molar-refractivity contribution < 1.29 is 29.0 Å². The predicted octanol–water partition coefficient (Wildman–Crippen LogP) is 3.23. The van der Waals surface area contributed by atoms with Crippen LogP contribution in [-0.4, -0.2) is 48.8 Å². The molecule has 2 rings (SSSR count). The third-order valence-corrected chi connectivity index (χ3v) is 5.10. The highest BCUT2D eigenvalue weighted by molar-refractivity contribution is 6.37. The van der Waals surface area contributed by atoms with Gasteiger partial charge in [0.2, 0.25) is 0 Å². The Labute approximate surface area is 165 Å². The monoisotopic (exact) mass is 391 g/mol. The number of Topliss-reactive ketones (excluding diaryl/α,β-unsaturated/α-hetero) is 1. The highest BCUT2D eigenvalue weighted by Crippen LogP contribution is 2.37. The number of nitrogens with zero attached hydrogens (tertiary/aromatic N) is 1. The van der Waals surface area contributed by atoms with Crippen LogP contribution in [0.3, 0.4) is 0 Å². The summed E-state index contributed by atoms with van der Waals surface area (Å²) in [7, 11) is 2.38. The Bertz CT molecular complexity index is 738. The Hall–Kier alpha value is -2.44. The van der Waals surface area contributed by atoms with Gasteiger partial charge in [-0.2, -0.15) is 0 Å². The van der Waals surface area contributed by atoms with Crippen LogP contribution in [0.4, 0.5) is 0 Å². The van der Waals surface area contributed by atoms with Crippen molar-refractivity contribution in [2.45, 2.75) is 64.8 Å². The molecule has 7 heteroatoms. The van der Waals surface area contributed by atoms with Crippen molar-refractivity contribution in [3.8, 4) is 0 Å². The van der Waals surface area contributed by atoms with Gasteiger partial charge >= 0.3 is 11.9 Å². The number of aliphatic imine (C=N–C) groups is 1. The summed E-state index contributed by atoms with van der Waals surface area (Å²) in [5.74, 6) is -1.99. The summed E-state index contributed by atoms with van der Waals surface area (Å²) in [6.45, 7) is 3.78. The zero-order valence-electron chi connectivity index (χ0n) is 17.0. The SMILES string of the molecule is COC(=O)/C=C(/C(=O)OC)C(=NC1CCCCC1)C1=C(O)CC(C)(C)CC1=O. The van der Waals surface area contributed by atoms with Gasteiger partial charge in [0.25, 0.3) is 0 Å². The first-order valence-corrected chi connectivity index (χ1v) is 9.60. The molecule has 0 saturated heterocycles. The molecule has 0 bridgehead atoms. The summed E-state index contributed by atoms with van der Waals surface area (Å²) in [5, 5.41) is 10.7. The number of hydrogen-bond donors (Lipinski definition) is 1. The first-order chi connectivity index (χ1) is 13.2. The number of aliphatic hydroxyl groups excluding tert-OH is 1. The topological polar surface area (TPSA) is 102 Å². The number of methoxy groups -OCH3 is 2. The van der Waals surface area contributed by atoms with Gasteiger partial charge in [-0.15, -0.1) is 0 Å². The Morgan fingerprint density at radius 2 is 1.75 bits per heavy atom. The van der Waals surface area contributed by atoms with Crippen LogP contribution in [0.5, 0.6) is 0 Å². The van der Waals surface area contributed by atoms with E-state index in [0.29, 0.717) is 0 Å². The van der Waals surface area contributed by atoms with Gasteiger partial charge in [-0.05, 0) is 18.3 Å². The van der Waals surface area contributed by atoms with Gasteiger partial charge in [-0.25, -0.2) is 9.59 Å². The number of carbonyl (C=O) groups excluding carboxylic acids is 3. The summed E-state index contributed by atoms with van der Waals surface area (Å²) < 4.78 is 9.47. The summed E-state index contributed by atoms with van der Waals surface area (Å²) in [4.78, 5) is 41.8. The average molecular weight is 391 g/mol. The standard InChI is InChI=1S/C21H29NO6/c1-21(2)11-15(23)18(16(24)12-21)19(22-13-8-6-5-7-9-13)14(20(26)28-4)10-17(25)27-3/h10,13,23H,5-9,11-12H2,1-4H3/b14-10+,22-19?. The maximum absolute atomic E-state index is 12.9. The van der Waals surface area contributed by atoms with Crippen LogP contribution in [0.25, 0.3) is 0 Å². The van der Waals surface area contributed by atoms with Gasteiger partial charge in [0, 0.05) is 18.9 Å². The van der Waals surface area contributed by atoms with E-state index in [4.69, 9.17) is 4.74 Å². The second-order valence-electron chi connectivity index (χ2n) is 8.10. The van der Waals surface area contributed by atoms with Crippen LogP contribution < -0.4 is 0 Å². The zero-order valence-corrected chi connectivity index (χ0v) is 17.0. The average Bonchev–Trinajstić information content (AvgIpc) is 2.63. The molecule has 1 fully saturated rings. The Morgan fingerprint density at radius 1 is 1.11 bits per heavy atom. The molecular weight excluding hydrogens is 362 g/mol. The minimum Gasteiger partial charge on any atom is -0.511 e. The molecule has 0 heterocycles. The van der Waals surface area contributed by atoms with Gasteiger partial charge in [-0.1, -0.05) is 33.1 Å². The van der Waals surface area contributed by atoms with Crippen molar-refractivity contribution in [3.63, 3.8) is 0 Å². The van der Waals surface area contributed by atoms with Crippen molar-refractivity contribution in [3.05, 3.63) is 23.0 Å². The molecule has 2 aliphatic rings. The quantitative estimate of drug-likeness (QED) is 0.438. The van der Waals surface area contributed by atoms with Crippen LogP contribution in [0.2, 0.25) is 0 Å². The molecule has 154 valence electrons. The molecule has 0 radical (unpaired) electrons. The Kier molecular flexibility index (Phi) is 7.16. The van der Waals surface area contributed by atoms with Crippen molar-refractivity contribution in [1.82, 2.24) is 0 Å². The fraction of sp³-hybridized carbons (Fsp3) is 0.619. The van der Waals surface area contributed by atoms with E-state index in [1.807, 2.05) is 13.8 Å². The highest BCUT2D eigenvalue weighted by Gasteiger charge is 2.38. The van der Waals surface area contributed by atoms with Crippen LogP contribution in [0.1, 0.15) is 58.8 Å². The molecule has 0 aromatic carbocycles. The van der Waals surface area contributed by atoms with Crippen LogP contribution in [-0.2, 0) is 23.9 Å². The lowest BCUT2D eigenvalue weighted by atomic mass is 9.74. The minimum absolute atomic E-state index is 0.00505. The molecular formula is C21H29NO6. The molecule has 28 heavy (non-hydrogen) atoms. The Balaban J connectivity index is 2.63. The van der Waals surface area contributed by atoms with Crippen molar-refractivity contribution >= 4 is 23.4 Å². The molecule has 2 aliphatic carbocycles. The van der Waals surface area contributed by atoms with E-state index in [0.717, 1.165) is 38.2 Å². The number of hydrogen-bond acceptors (Lipinski definition) is 7. The van der Waals surface area contributed by atoms with Gasteiger partial charge in [0.05, 0.1) is 37.1 Å². The first kappa shape index (κ1) is 21.9. The van der Waals surface area contributed by atoms with Crippen LogP contribution >= 0.6 is 0 Å². The lowest BCUT2D eigenvalue weighted by molar-refractivity contribution is -0.138. The summed E-state index contributed by atoms with van der Waals surface area (Å²) >= 11 is 0. The number of carbonyl (C=O) groups is 3. The van der Waals surface area contributed by atoms with E-state index in [1.54, 1.807) is 0 Å². The minimum atomic E-state index is -0.808. The number of ketones is 1. The smallest absolute Gasteiger partial charge is 0.340 e. The summed E-state index contributed by atoms with van der Waals surface area (Å²) in [6, 6.07) is -0.0857. The van der Waals surface area contributed by atoms with Crippen LogP contribution in [0, 0.1) is 5.41 Å². The van der Waals surface area contributed by atoms with E-state index in [1.165, 1.54) is 14.2 Å². The van der Waals surface area contributed by atoms with Gasteiger partial charge < -0.3 is 14.6 Å².